The number of benzene rings is 2. The molecule has 0 saturated heterocycles. The summed E-state index contributed by atoms with van der Waals surface area (Å²) in [5.74, 6) is 5.89. The van der Waals surface area contributed by atoms with Crippen LogP contribution in [0.25, 0.3) is 22.0 Å². The van der Waals surface area contributed by atoms with Crippen LogP contribution >= 0.6 is 11.6 Å². The standard InChI is InChI=1S/C27H32ClFN4O2/c1-4-32(3)15-17-5-8-20(9-6-17)33(30)26-21-11-18(19-12-23(28)27(35)24(29)13-19)7-10-25(21)31-14-22(26)16(2)34/h7,10-14,17,20,35H,4-6,8-9,15,30H2,1-3H3. The van der Waals surface area contributed by atoms with Crippen LogP contribution in [0, 0.1) is 11.7 Å². The average molecular weight is 499 g/mol. The Labute approximate surface area is 210 Å². The number of phenols is 1. The molecule has 0 bridgehead atoms. The molecule has 0 radical (unpaired) electrons. The molecule has 0 aliphatic heterocycles. The summed E-state index contributed by atoms with van der Waals surface area (Å²) in [5, 5.41) is 12.1. The Hall–Kier alpha value is -2.74. The lowest BCUT2D eigenvalue weighted by Gasteiger charge is -2.37. The molecule has 4 rings (SSSR count). The molecule has 3 aromatic rings. The van der Waals surface area contributed by atoms with Gasteiger partial charge in [-0.3, -0.25) is 9.78 Å². The van der Waals surface area contributed by atoms with Gasteiger partial charge in [-0.1, -0.05) is 24.6 Å². The number of carbonyl (C=O) groups is 1. The highest BCUT2D eigenvalue weighted by Crippen LogP contribution is 2.38. The first-order valence-corrected chi connectivity index (χ1v) is 12.4. The third-order valence-electron chi connectivity index (χ3n) is 7.15. The smallest absolute Gasteiger partial charge is 0.170 e. The number of hydrazine groups is 1. The van der Waals surface area contributed by atoms with E-state index < -0.39 is 11.6 Å². The maximum atomic E-state index is 14.2. The number of halogens is 2. The number of hydrogen-bond donors (Lipinski definition) is 2. The molecule has 8 heteroatoms. The number of fused-ring (bicyclic) bond motifs is 1. The molecule has 1 fully saturated rings. The van der Waals surface area contributed by atoms with Crippen LogP contribution in [0.15, 0.2) is 36.5 Å². The van der Waals surface area contributed by atoms with Crippen LogP contribution in [0.4, 0.5) is 10.1 Å². The van der Waals surface area contributed by atoms with Crippen LogP contribution in [0.5, 0.6) is 5.75 Å². The number of anilines is 1. The lowest BCUT2D eigenvalue weighted by molar-refractivity contribution is 0.101. The van der Waals surface area contributed by atoms with Gasteiger partial charge < -0.3 is 15.0 Å². The van der Waals surface area contributed by atoms with E-state index in [4.69, 9.17) is 17.4 Å². The number of rotatable bonds is 7. The van der Waals surface area contributed by atoms with Crippen LogP contribution in [0.3, 0.4) is 0 Å². The van der Waals surface area contributed by atoms with Crippen molar-refractivity contribution in [3.05, 3.63) is 52.9 Å². The summed E-state index contributed by atoms with van der Waals surface area (Å²) in [5.41, 5.74) is 2.98. The van der Waals surface area contributed by atoms with Crippen molar-refractivity contribution in [1.29, 1.82) is 0 Å². The van der Waals surface area contributed by atoms with Crippen molar-refractivity contribution in [2.45, 2.75) is 45.6 Å². The van der Waals surface area contributed by atoms with Crippen molar-refractivity contribution >= 4 is 34.0 Å². The molecule has 186 valence electrons. The zero-order valence-corrected chi connectivity index (χ0v) is 21.1. The van der Waals surface area contributed by atoms with Crippen molar-refractivity contribution in [2.75, 3.05) is 25.1 Å². The fraction of sp³-hybridized carbons (Fsp3) is 0.407. The molecule has 0 amide bonds. The Morgan fingerprint density at radius 2 is 1.91 bits per heavy atom. The van der Waals surface area contributed by atoms with E-state index in [0.29, 0.717) is 33.8 Å². The highest BCUT2D eigenvalue weighted by molar-refractivity contribution is 6.32. The molecule has 35 heavy (non-hydrogen) atoms. The summed E-state index contributed by atoms with van der Waals surface area (Å²) < 4.78 is 14.2. The molecule has 1 aliphatic carbocycles. The summed E-state index contributed by atoms with van der Waals surface area (Å²) in [7, 11) is 2.15. The zero-order chi connectivity index (χ0) is 25.3. The third kappa shape index (κ3) is 5.27. The van der Waals surface area contributed by atoms with Gasteiger partial charge in [0.15, 0.2) is 17.3 Å². The summed E-state index contributed by atoms with van der Waals surface area (Å²) in [6.07, 6.45) is 5.63. The highest BCUT2D eigenvalue weighted by Gasteiger charge is 2.28. The topological polar surface area (TPSA) is 82.7 Å². The molecule has 0 unspecified atom stereocenters. The van der Waals surface area contributed by atoms with Crippen molar-refractivity contribution in [1.82, 2.24) is 9.88 Å². The van der Waals surface area contributed by atoms with Crippen molar-refractivity contribution in [2.24, 2.45) is 11.8 Å². The Bertz CT molecular complexity index is 1220. The fourth-order valence-electron chi connectivity index (χ4n) is 4.98. The third-order valence-corrected chi connectivity index (χ3v) is 7.43. The minimum atomic E-state index is -0.797. The summed E-state index contributed by atoms with van der Waals surface area (Å²) in [4.78, 5) is 19.4. The molecule has 0 spiro atoms. The Morgan fingerprint density at radius 1 is 1.20 bits per heavy atom. The monoisotopic (exact) mass is 498 g/mol. The van der Waals surface area contributed by atoms with Gasteiger partial charge in [-0.2, -0.15) is 0 Å². The van der Waals surface area contributed by atoms with Crippen molar-refractivity contribution in [3.63, 3.8) is 0 Å². The molecule has 1 aliphatic rings. The number of ketones is 1. The van der Waals surface area contributed by atoms with Gasteiger partial charge in [-0.25, -0.2) is 10.2 Å². The van der Waals surface area contributed by atoms with Gasteiger partial charge >= 0.3 is 0 Å². The van der Waals surface area contributed by atoms with Crippen LogP contribution in [-0.4, -0.2) is 47.0 Å². The molecule has 3 N–H and O–H groups in total. The minimum Gasteiger partial charge on any atom is -0.504 e. The second-order valence-electron chi connectivity index (χ2n) is 9.53. The van der Waals surface area contributed by atoms with Crippen molar-refractivity contribution < 1.29 is 14.3 Å². The van der Waals surface area contributed by atoms with E-state index in [1.807, 2.05) is 18.2 Å². The normalized spacial score (nSPS) is 18.3. The van der Waals surface area contributed by atoms with Gasteiger partial charge in [0.2, 0.25) is 0 Å². The number of aromatic hydroxyl groups is 1. The number of nitrogens with two attached hydrogens (primary N) is 1. The van der Waals surface area contributed by atoms with Gasteiger partial charge in [-0.15, -0.1) is 0 Å². The van der Waals surface area contributed by atoms with Gasteiger partial charge in [0.1, 0.15) is 0 Å². The van der Waals surface area contributed by atoms with Crippen LogP contribution < -0.4 is 10.9 Å². The van der Waals surface area contributed by atoms with Gasteiger partial charge in [0, 0.05) is 24.2 Å². The predicted octanol–water partition coefficient (Wildman–Crippen LogP) is 5.79. The van der Waals surface area contributed by atoms with Crippen molar-refractivity contribution in [3.8, 4) is 16.9 Å². The predicted molar refractivity (Wildman–Crippen MR) is 139 cm³/mol. The first kappa shape index (κ1) is 25.4. The van der Waals surface area contributed by atoms with E-state index in [0.717, 1.165) is 44.2 Å². The fourth-order valence-corrected chi connectivity index (χ4v) is 5.19. The van der Waals surface area contributed by atoms with E-state index in [1.165, 1.54) is 19.1 Å². The summed E-state index contributed by atoms with van der Waals surface area (Å²) in [6, 6.07) is 8.34. The molecule has 6 nitrogen and oxygen atoms in total. The van der Waals surface area contributed by atoms with Crippen LogP contribution in [0.2, 0.25) is 5.02 Å². The number of nitrogens with zero attached hydrogens (tertiary/aromatic N) is 3. The molecular weight excluding hydrogens is 467 g/mol. The molecule has 0 atom stereocenters. The quantitative estimate of drug-likeness (QED) is 0.243. The Balaban J connectivity index is 1.72. The number of phenolic OH excluding ortho intramolecular Hbond substituents is 1. The number of pyridine rings is 1. The van der Waals surface area contributed by atoms with Gasteiger partial charge in [0.05, 0.1) is 21.8 Å². The SMILES string of the molecule is CCN(C)CC1CCC(N(N)c2c(C(C)=O)cnc3ccc(-c4cc(F)c(O)c(Cl)c4)cc23)CC1. The summed E-state index contributed by atoms with van der Waals surface area (Å²) in [6.45, 7) is 5.79. The van der Waals surface area contributed by atoms with E-state index in [9.17, 15) is 14.3 Å². The zero-order valence-electron chi connectivity index (χ0n) is 20.4. The number of hydrogen-bond acceptors (Lipinski definition) is 6. The van der Waals surface area contributed by atoms with E-state index >= 15 is 0 Å². The van der Waals surface area contributed by atoms with Crippen LogP contribution in [-0.2, 0) is 0 Å². The molecular formula is C27H32ClFN4O2. The highest BCUT2D eigenvalue weighted by atomic mass is 35.5. The average Bonchev–Trinajstić information content (AvgIpc) is 2.85. The maximum Gasteiger partial charge on any atom is 0.170 e. The lowest BCUT2D eigenvalue weighted by Crippen LogP contribution is -2.45. The number of carbonyl (C=O) groups excluding carboxylic acids is 1. The van der Waals surface area contributed by atoms with Gasteiger partial charge in [-0.05, 0) is 87.5 Å². The second kappa shape index (κ2) is 10.5. The molecule has 1 aromatic heterocycles. The molecule has 1 saturated carbocycles. The van der Waals surface area contributed by atoms with E-state index in [-0.39, 0.29) is 16.8 Å². The first-order valence-electron chi connectivity index (χ1n) is 12.0. The maximum absolute atomic E-state index is 14.2. The van der Waals surface area contributed by atoms with E-state index in [1.54, 1.807) is 11.2 Å². The van der Waals surface area contributed by atoms with Gasteiger partial charge in [0.25, 0.3) is 0 Å². The first-order chi connectivity index (χ1) is 16.7. The lowest BCUT2D eigenvalue weighted by atomic mass is 9.85. The molecule has 2 aromatic carbocycles. The van der Waals surface area contributed by atoms with E-state index in [2.05, 4.69) is 23.9 Å². The van der Waals surface area contributed by atoms with Crippen LogP contribution in [0.1, 0.15) is 49.9 Å². The number of aromatic nitrogens is 1. The Kier molecular flexibility index (Phi) is 7.59. The Morgan fingerprint density at radius 3 is 2.54 bits per heavy atom. The second-order valence-corrected chi connectivity index (χ2v) is 9.94. The summed E-state index contributed by atoms with van der Waals surface area (Å²) >= 11 is 6.01. The molecule has 1 heterocycles. The number of Topliss-reactive ketones (excluding diaryl/α,β-unsaturated/α-hetero) is 1. The minimum absolute atomic E-state index is 0.0677. The largest absolute Gasteiger partial charge is 0.504 e.